The maximum atomic E-state index is 12.5. The molecule has 0 saturated carbocycles. The number of nitrogens with one attached hydrogen (secondary N) is 1. The van der Waals surface area contributed by atoms with Crippen LogP contribution in [0.3, 0.4) is 0 Å². The van der Waals surface area contributed by atoms with Crippen molar-refractivity contribution >= 4 is 27.6 Å². The fourth-order valence-corrected chi connectivity index (χ4v) is 3.58. The predicted molar refractivity (Wildman–Crippen MR) is 97.9 cm³/mol. The van der Waals surface area contributed by atoms with Crippen LogP contribution >= 0.6 is 0 Å². The summed E-state index contributed by atoms with van der Waals surface area (Å²) in [6, 6.07) is 14.2. The Morgan fingerprint density at radius 2 is 2.08 bits per heavy atom. The van der Waals surface area contributed by atoms with Crippen molar-refractivity contribution < 1.29 is 9.21 Å². The Bertz CT molecular complexity index is 1120. The number of rotatable bonds is 3. The summed E-state index contributed by atoms with van der Waals surface area (Å²) in [5.41, 5.74) is 0.823. The van der Waals surface area contributed by atoms with E-state index in [0.717, 1.165) is 28.0 Å². The van der Waals surface area contributed by atoms with Crippen LogP contribution in [0.15, 0.2) is 46.9 Å². The van der Waals surface area contributed by atoms with Crippen LogP contribution in [0.2, 0.25) is 0 Å². The van der Waals surface area contributed by atoms with Crippen LogP contribution in [-0.4, -0.2) is 39.1 Å². The van der Waals surface area contributed by atoms with Gasteiger partial charge in [0, 0.05) is 18.5 Å². The lowest BCUT2D eigenvalue weighted by atomic mass is 9.99. The first-order valence-electron chi connectivity index (χ1n) is 8.74. The zero-order valence-corrected chi connectivity index (χ0v) is 14.4. The molecule has 2 aromatic carbocycles. The first-order valence-corrected chi connectivity index (χ1v) is 8.74. The smallest absolute Gasteiger partial charge is 0.230 e. The number of aromatic nitrogens is 3. The van der Waals surface area contributed by atoms with E-state index in [-0.39, 0.29) is 18.2 Å². The molecule has 6 nitrogen and oxygen atoms in total. The van der Waals surface area contributed by atoms with Crippen LogP contribution in [0.5, 0.6) is 0 Å². The van der Waals surface area contributed by atoms with Gasteiger partial charge < -0.3 is 9.32 Å². The lowest BCUT2D eigenvalue weighted by Gasteiger charge is -2.37. The molecule has 0 radical (unpaired) electrons. The monoisotopic (exact) mass is 346 g/mol. The molecule has 1 saturated heterocycles. The highest BCUT2D eigenvalue weighted by molar-refractivity contribution is 6.06. The van der Waals surface area contributed by atoms with Crippen molar-refractivity contribution in [1.82, 2.24) is 20.1 Å². The van der Waals surface area contributed by atoms with E-state index in [0.29, 0.717) is 18.8 Å². The number of likely N-dealkylation sites (tertiary alicyclic amines) is 1. The van der Waals surface area contributed by atoms with Crippen molar-refractivity contribution in [3.63, 3.8) is 0 Å². The Labute approximate surface area is 149 Å². The maximum absolute atomic E-state index is 12.5. The second-order valence-electron chi connectivity index (χ2n) is 6.86. The van der Waals surface area contributed by atoms with Gasteiger partial charge in [-0.25, -0.2) is 4.98 Å². The Balaban J connectivity index is 1.32. The summed E-state index contributed by atoms with van der Waals surface area (Å²) in [6.45, 7) is 3.21. The first kappa shape index (κ1) is 15.1. The number of fused-ring (bicyclic) bond motifs is 3. The van der Waals surface area contributed by atoms with Crippen molar-refractivity contribution in [2.45, 2.75) is 19.3 Å². The molecular formula is C20H18N4O2. The molecule has 0 unspecified atom stereocenters. The molecule has 1 aliphatic rings. The van der Waals surface area contributed by atoms with Gasteiger partial charge in [-0.1, -0.05) is 30.3 Å². The number of aryl methyl sites for hydroxylation is 1. The van der Waals surface area contributed by atoms with Crippen LogP contribution in [0, 0.1) is 6.92 Å². The highest BCUT2D eigenvalue weighted by Gasteiger charge is 2.34. The number of carbonyl (C=O) groups excluding carboxylic acids is 1. The molecule has 0 spiro atoms. The SMILES string of the molecule is Cc1nc(C2CN(C(=O)Cc3cc4c(ccc5ccccc54)o3)C2)n[nH]1. The fourth-order valence-electron chi connectivity index (χ4n) is 3.58. The topological polar surface area (TPSA) is 75.0 Å². The normalized spacial score (nSPS) is 14.9. The minimum atomic E-state index is 0.0804. The summed E-state index contributed by atoms with van der Waals surface area (Å²) in [5, 5.41) is 10.4. The number of nitrogens with zero attached hydrogens (tertiary/aromatic N) is 3. The largest absolute Gasteiger partial charge is 0.461 e. The molecule has 1 N–H and O–H groups in total. The van der Waals surface area contributed by atoms with E-state index < -0.39 is 0 Å². The summed E-state index contributed by atoms with van der Waals surface area (Å²) < 4.78 is 5.90. The van der Waals surface area contributed by atoms with Crippen LogP contribution in [-0.2, 0) is 11.2 Å². The van der Waals surface area contributed by atoms with Crippen LogP contribution in [0.25, 0.3) is 21.7 Å². The lowest BCUT2D eigenvalue weighted by Crippen LogP contribution is -2.49. The molecule has 1 aliphatic heterocycles. The van der Waals surface area contributed by atoms with E-state index >= 15 is 0 Å². The van der Waals surface area contributed by atoms with Crippen molar-refractivity contribution in [2.75, 3.05) is 13.1 Å². The summed E-state index contributed by atoms with van der Waals surface area (Å²) >= 11 is 0. The van der Waals surface area contributed by atoms with Gasteiger partial charge in [-0.2, -0.15) is 5.10 Å². The van der Waals surface area contributed by atoms with E-state index in [2.05, 4.69) is 27.3 Å². The van der Waals surface area contributed by atoms with Crippen LogP contribution in [0.4, 0.5) is 0 Å². The number of hydrogen-bond donors (Lipinski definition) is 1. The average molecular weight is 346 g/mol. The number of H-pyrrole nitrogens is 1. The maximum Gasteiger partial charge on any atom is 0.230 e. The van der Waals surface area contributed by atoms with E-state index in [9.17, 15) is 4.79 Å². The van der Waals surface area contributed by atoms with Crippen molar-refractivity contribution in [3.05, 3.63) is 59.9 Å². The van der Waals surface area contributed by atoms with Crippen molar-refractivity contribution in [1.29, 1.82) is 0 Å². The zero-order valence-electron chi connectivity index (χ0n) is 14.4. The van der Waals surface area contributed by atoms with Gasteiger partial charge in [0.25, 0.3) is 0 Å². The minimum Gasteiger partial charge on any atom is -0.461 e. The summed E-state index contributed by atoms with van der Waals surface area (Å²) in [6.07, 6.45) is 0.281. The molecule has 1 amide bonds. The van der Waals surface area contributed by atoms with Crippen LogP contribution in [0.1, 0.15) is 23.3 Å². The van der Waals surface area contributed by atoms with E-state index in [1.54, 1.807) is 0 Å². The fraction of sp³-hybridized carbons (Fsp3) is 0.250. The third-order valence-corrected chi connectivity index (χ3v) is 5.02. The first-order chi connectivity index (χ1) is 12.7. The molecular weight excluding hydrogens is 328 g/mol. The van der Waals surface area contributed by atoms with Gasteiger partial charge in [0.1, 0.15) is 17.2 Å². The quantitative estimate of drug-likeness (QED) is 0.618. The molecule has 0 aliphatic carbocycles. The van der Waals surface area contributed by atoms with Crippen molar-refractivity contribution in [3.8, 4) is 0 Å². The van der Waals surface area contributed by atoms with Crippen LogP contribution < -0.4 is 0 Å². The Morgan fingerprint density at radius 3 is 2.88 bits per heavy atom. The molecule has 130 valence electrons. The standard InChI is InChI=1S/C20H18N4O2/c1-12-21-20(23-22-12)14-10-24(11-14)19(25)9-15-8-17-16-5-3-2-4-13(16)6-7-18(17)26-15/h2-8,14H,9-11H2,1H3,(H,21,22,23). The zero-order chi connectivity index (χ0) is 17.7. The van der Waals surface area contributed by atoms with E-state index in [1.807, 2.05) is 42.2 Å². The number of carbonyl (C=O) groups is 1. The van der Waals surface area contributed by atoms with Gasteiger partial charge >= 0.3 is 0 Å². The number of hydrogen-bond acceptors (Lipinski definition) is 4. The second kappa shape index (κ2) is 5.69. The average Bonchev–Trinajstić information content (AvgIpc) is 3.19. The molecule has 3 heterocycles. The summed E-state index contributed by atoms with van der Waals surface area (Å²) in [4.78, 5) is 18.7. The third-order valence-electron chi connectivity index (χ3n) is 5.02. The number of amides is 1. The van der Waals surface area contributed by atoms with Gasteiger partial charge in [0.2, 0.25) is 5.91 Å². The van der Waals surface area contributed by atoms with Gasteiger partial charge in [-0.05, 0) is 29.8 Å². The molecule has 26 heavy (non-hydrogen) atoms. The number of aromatic amines is 1. The molecule has 5 rings (SSSR count). The predicted octanol–water partition coefficient (Wildman–Crippen LogP) is 3.18. The molecule has 4 aromatic rings. The molecule has 6 heteroatoms. The number of benzene rings is 2. The third kappa shape index (κ3) is 2.45. The van der Waals surface area contributed by atoms with E-state index in [1.165, 1.54) is 5.39 Å². The number of furan rings is 1. The molecule has 0 atom stereocenters. The van der Waals surface area contributed by atoms with Gasteiger partial charge in [0.05, 0.1) is 12.3 Å². The van der Waals surface area contributed by atoms with Crippen molar-refractivity contribution in [2.24, 2.45) is 0 Å². The summed E-state index contributed by atoms with van der Waals surface area (Å²) in [5.74, 6) is 2.61. The molecule has 1 fully saturated rings. The van der Waals surface area contributed by atoms with Gasteiger partial charge in [0.15, 0.2) is 5.82 Å². The highest BCUT2D eigenvalue weighted by atomic mass is 16.3. The molecule has 0 bridgehead atoms. The lowest BCUT2D eigenvalue weighted by molar-refractivity contribution is -0.135. The summed E-state index contributed by atoms with van der Waals surface area (Å²) in [7, 11) is 0. The Morgan fingerprint density at radius 1 is 1.23 bits per heavy atom. The van der Waals surface area contributed by atoms with E-state index in [4.69, 9.17) is 4.42 Å². The Hall–Kier alpha value is -3.15. The van der Waals surface area contributed by atoms with Gasteiger partial charge in [-0.15, -0.1) is 0 Å². The van der Waals surface area contributed by atoms with Gasteiger partial charge in [-0.3, -0.25) is 9.89 Å². The Kier molecular flexibility index (Phi) is 3.31. The minimum absolute atomic E-state index is 0.0804. The molecule has 2 aromatic heterocycles. The highest BCUT2D eigenvalue weighted by Crippen LogP contribution is 2.29. The second-order valence-corrected chi connectivity index (χ2v) is 6.86.